The van der Waals surface area contributed by atoms with Crippen molar-refractivity contribution in [2.45, 2.75) is 33.2 Å². The molecule has 0 aliphatic heterocycles. The van der Waals surface area contributed by atoms with Crippen molar-refractivity contribution in [2.75, 3.05) is 0 Å². The number of carbonyl (C=O) groups excluding carboxylic acids is 1. The smallest absolute Gasteiger partial charge is 0.371 e. The number of aromatic nitrogens is 1. The number of aryl methyl sites for hydroxylation is 2. The van der Waals surface area contributed by atoms with Crippen molar-refractivity contribution in [1.29, 1.82) is 0 Å². The largest absolute Gasteiger partial charge is 0.475 e. The highest BCUT2D eigenvalue weighted by atomic mass is 16.5. The number of furan rings is 1. The minimum atomic E-state index is -1.13. The highest BCUT2D eigenvalue weighted by molar-refractivity contribution is 5.84. The maximum absolute atomic E-state index is 11.8. The first-order chi connectivity index (χ1) is 9.97. The van der Waals surface area contributed by atoms with Crippen molar-refractivity contribution in [3.63, 3.8) is 0 Å². The van der Waals surface area contributed by atoms with Gasteiger partial charge in [-0.15, -0.1) is 0 Å². The molecule has 2 aromatic rings. The Bertz CT molecular complexity index is 637. The van der Waals surface area contributed by atoms with Crippen molar-refractivity contribution in [3.8, 4) is 0 Å². The van der Waals surface area contributed by atoms with E-state index in [1.807, 2.05) is 13.8 Å². The minimum Gasteiger partial charge on any atom is -0.475 e. The maximum Gasteiger partial charge on any atom is 0.371 e. The van der Waals surface area contributed by atoms with Gasteiger partial charge >= 0.3 is 5.97 Å². The van der Waals surface area contributed by atoms with Crippen LogP contribution in [0, 0.1) is 13.8 Å². The van der Waals surface area contributed by atoms with Crippen LogP contribution in [0.25, 0.3) is 0 Å². The number of nitrogens with one attached hydrogen (secondary N) is 1. The second kappa shape index (κ2) is 6.25. The summed E-state index contributed by atoms with van der Waals surface area (Å²) in [5.74, 6) is -0.306. The number of carboxylic acid groups (broad SMARTS) is 1. The van der Waals surface area contributed by atoms with Gasteiger partial charge in [-0.1, -0.05) is 5.16 Å². The first-order valence-corrected chi connectivity index (χ1v) is 6.48. The lowest BCUT2D eigenvalue weighted by molar-refractivity contribution is -0.121. The monoisotopic (exact) mass is 292 g/mol. The standard InChI is InChI=1S/C14H16N2O5/c1-8-11(9(2)21-16-8)4-6-13(17)15-7-10-3-5-12(20-10)14(18)19/h3,5H,4,6-7H2,1-2H3,(H,15,17)(H,18,19). The van der Waals surface area contributed by atoms with Gasteiger partial charge in [-0.05, 0) is 32.4 Å². The van der Waals surface area contributed by atoms with E-state index in [0.29, 0.717) is 18.6 Å². The summed E-state index contributed by atoms with van der Waals surface area (Å²) in [7, 11) is 0. The van der Waals surface area contributed by atoms with Gasteiger partial charge in [0.05, 0.1) is 12.2 Å². The molecular formula is C14H16N2O5. The molecule has 112 valence electrons. The molecule has 0 unspecified atom stereocenters. The SMILES string of the molecule is Cc1noc(C)c1CCC(=O)NCc1ccc(C(=O)O)o1. The lowest BCUT2D eigenvalue weighted by atomic mass is 10.1. The van der Waals surface area contributed by atoms with E-state index < -0.39 is 5.97 Å². The Balaban J connectivity index is 1.81. The number of aromatic carboxylic acids is 1. The summed E-state index contributed by atoms with van der Waals surface area (Å²) >= 11 is 0. The van der Waals surface area contributed by atoms with E-state index in [1.165, 1.54) is 12.1 Å². The molecule has 2 rings (SSSR count). The van der Waals surface area contributed by atoms with E-state index >= 15 is 0 Å². The fourth-order valence-corrected chi connectivity index (χ4v) is 1.96. The van der Waals surface area contributed by atoms with Crippen LogP contribution in [-0.4, -0.2) is 22.1 Å². The number of nitrogens with zero attached hydrogens (tertiary/aromatic N) is 1. The summed E-state index contributed by atoms with van der Waals surface area (Å²) in [5.41, 5.74) is 1.73. The molecule has 0 saturated carbocycles. The summed E-state index contributed by atoms with van der Waals surface area (Å²) in [6.07, 6.45) is 0.848. The molecule has 2 aromatic heterocycles. The van der Waals surface area contributed by atoms with Gasteiger partial charge in [0, 0.05) is 12.0 Å². The normalized spacial score (nSPS) is 10.6. The molecule has 0 aliphatic rings. The molecule has 0 atom stereocenters. The molecule has 2 heterocycles. The predicted octanol–water partition coefficient (Wildman–Crippen LogP) is 1.83. The van der Waals surface area contributed by atoms with Gasteiger partial charge < -0.3 is 19.4 Å². The Morgan fingerprint density at radius 2 is 2.10 bits per heavy atom. The van der Waals surface area contributed by atoms with Crippen molar-refractivity contribution in [1.82, 2.24) is 10.5 Å². The van der Waals surface area contributed by atoms with E-state index in [-0.39, 0.29) is 18.2 Å². The van der Waals surface area contributed by atoms with Crippen LogP contribution in [0.4, 0.5) is 0 Å². The fourth-order valence-electron chi connectivity index (χ4n) is 1.96. The highest BCUT2D eigenvalue weighted by Gasteiger charge is 2.12. The Hall–Kier alpha value is -2.57. The first kappa shape index (κ1) is 14.8. The number of rotatable bonds is 6. The Kier molecular flexibility index (Phi) is 4.42. The van der Waals surface area contributed by atoms with E-state index in [4.69, 9.17) is 14.0 Å². The van der Waals surface area contributed by atoms with Gasteiger partial charge in [0.25, 0.3) is 0 Å². The second-order valence-corrected chi connectivity index (χ2v) is 4.65. The molecule has 0 radical (unpaired) electrons. The Morgan fingerprint density at radius 3 is 2.67 bits per heavy atom. The van der Waals surface area contributed by atoms with Gasteiger partial charge in [-0.3, -0.25) is 4.79 Å². The lowest BCUT2D eigenvalue weighted by Gasteiger charge is -2.03. The molecule has 1 amide bonds. The van der Waals surface area contributed by atoms with Crippen LogP contribution >= 0.6 is 0 Å². The molecule has 0 bridgehead atoms. The van der Waals surface area contributed by atoms with Crippen molar-refractivity contribution < 1.29 is 23.6 Å². The van der Waals surface area contributed by atoms with Gasteiger partial charge in [0.15, 0.2) is 0 Å². The average Bonchev–Trinajstić information content (AvgIpc) is 3.03. The number of hydrogen-bond donors (Lipinski definition) is 2. The van der Waals surface area contributed by atoms with E-state index in [0.717, 1.165) is 17.0 Å². The predicted molar refractivity (Wildman–Crippen MR) is 71.8 cm³/mol. The molecule has 0 fully saturated rings. The van der Waals surface area contributed by atoms with E-state index in [2.05, 4.69) is 10.5 Å². The fraction of sp³-hybridized carbons (Fsp3) is 0.357. The zero-order chi connectivity index (χ0) is 15.4. The molecule has 0 aliphatic carbocycles. The van der Waals surface area contributed by atoms with E-state index in [1.54, 1.807) is 0 Å². The quantitative estimate of drug-likeness (QED) is 0.841. The maximum atomic E-state index is 11.8. The molecule has 0 aromatic carbocycles. The first-order valence-electron chi connectivity index (χ1n) is 6.48. The van der Waals surface area contributed by atoms with Crippen LogP contribution in [0.2, 0.25) is 0 Å². The third-order valence-electron chi connectivity index (χ3n) is 3.12. The summed E-state index contributed by atoms with van der Waals surface area (Å²) < 4.78 is 10.1. The molecule has 7 nitrogen and oxygen atoms in total. The number of carboxylic acids is 1. The molecule has 0 saturated heterocycles. The van der Waals surface area contributed by atoms with Crippen molar-refractivity contribution in [3.05, 3.63) is 40.7 Å². The van der Waals surface area contributed by atoms with Crippen LogP contribution in [-0.2, 0) is 17.8 Å². The summed E-state index contributed by atoms with van der Waals surface area (Å²) in [6, 6.07) is 2.88. The zero-order valence-electron chi connectivity index (χ0n) is 11.8. The Labute approximate surface area is 120 Å². The zero-order valence-corrected chi connectivity index (χ0v) is 11.8. The number of hydrogen-bond acceptors (Lipinski definition) is 5. The molecule has 0 spiro atoms. The van der Waals surface area contributed by atoms with Gasteiger partial charge in [-0.2, -0.15) is 0 Å². The highest BCUT2D eigenvalue weighted by Crippen LogP contribution is 2.14. The van der Waals surface area contributed by atoms with Gasteiger partial charge in [0.1, 0.15) is 11.5 Å². The van der Waals surface area contributed by atoms with Crippen molar-refractivity contribution >= 4 is 11.9 Å². The molecular weight excluding hydrogens is 276 g/mol. The van der Waals surface area contributed by atoms with Crippen molar-refractivity contribution in [2.24, 2.45) is 0 Å². The Morgan fingerprint density at radius 1 is 1.33 bits per heavy atom. The third-order valence-corrected chi connectivity index (χ3v) is 3.12. The third kappa shape index (κ3) is 3.71. The van der Waals surface area contributed by atoms with Crippen LogP contribution < -0.4 is 5.32 Å². The molecule has 21 heavy (non-hydrogen) atoms. The van der Waals surface area contributed by atoms with Crippen LogP contribution in [0.3, 0.4) is 0 Å². The van der Waals surface area contributed by atoms with E-state index in [9.17, 15) is 9.59 Å². The lowest BCUT2D eigenvalue weighted by Crippen LogP contribution is -2.22. The van der Waals surface area contributed by atoms with Crippen LogP contribution in [0.15, 0.2) is 21.1 Å². The summed E-state index contributed by atoms with van der Waals surface area (Å²) in [4.78, 5) is 22.4. The van der Waals surface area contributed by atoms with Crippen LogP contribution in [0.1, 0.15) is 39.8 Å². The molecule has 7 heteroatoms. The minimum absolute atomic E-state index is 0.144. The topological polar surface area (TPSA) is 106 Å². The van der Waals surface area contributed by atoms with Crippen LogP contribution in [0.5, 0.6) is 0 Å². The molecule has 2 N–H and O–H groups in total. The number of amides is 1. The van der Waals surface area contributed by atoms with Gasteiger partial charge in [0.2, 0.25) is 11.7 Å². The summed E-state index contributed by atoms with van der Waals surface area (Å²) in [6.45, 7) is 3.80. The second-order valence-electron chi connectivity index (χ2n) is 4.65. The van der Waals surface area contributed by atoms with Gasteiger partial charge in [-0.25, -0.2) is 4.79 Å². The number of carbonyl (C=O) groups is 2. The summed E-state index contributed by atoms with van der Waals surface area (Å²) in [5, 5.41) is 15.2. The average molecular weight is 292 g/mol.